The first-order valence-electron chi connectivity index (χ1n) is 6.85. The molecule has 3 aromatic rings. The van der Waals surface area contributed by atoms with E-state index >= 15 is 0 Å². The number of halogens is 1. The number of imidazole rings is 1. The molecule has 0 amide bonds. The number of aryl methyl sites for hydroxylation is 1. The van der Waals surface area contributed by atoms with Gasteiger partial charge in [-0.2, -0.15) is 5.10 Å². The van der Waals surface area contributed by atoms with Gasteiger partial charge in [-0.1, -0.05) is 19.1 Å². The van der Waals surface area contributed by atoms with Crippen LogP contribution >= 0.6 is 15.9 Å². The molecule has 0 bridgehead atoms. The minimum Gasteiger partial charge on any atom is -0.323 e. The van der Waals surface area contributed by atoms with Crippen LogP contribution in [-0.4, -0.2) is 25.1 Å². The van der Waals surface area contributed by atoms with Crippen molar-refractivity contribution in [1.82, 2.24) is 19.3 Å². The number of hydrogen-bond donors (Lipinski definition) is 0. The summed E-state index contributed by atoms with van der Waals surface area (Å²) in [6.45, 7) is 3.05. The van der Waals surface area contributed by atoms with Crippen molar-refractivity contribution in [1.29, 1.82) is 0 Å². The first-order valence-corrected chi connectivity index (χ1v) is 7.64. The lowest BCUT2D eigenvalue weighted by atomic mass is 10.2. The van der Waals surface area contributed by atoms with Crippen molar-refractivity contribution in [3.8, 4) is 0 Å². The number of carbonyl (C=O) groups is 1. The van der Waals surface area contributed by atoms with E-state index in [1.165, 1.54) is 0 Å². The number of Topliss-reactive ketones (excluding diaryl/α,β-unsaturated/α-hetero) is 1. The molecule has 108 valence electrons. The number of rotatable bonds is 5. The van der Waals surface area contributed by atoms with E-state index in [1.807, 2.05) is 28.8 Å². The lowest BCUT2D eigenvalue weighted by Crippen LogP contribution is -2.16. The van der Waals surface area contributed by atoms with Crippen LogP contribution in [-0.2, 0) is 13.1 Å². The van der Waals surface area contributed by atoms with Crippen molar-refractivity contribution in [3.05, 3.63) is 47.0 Å². The molecule has 0 unspecified atom stereocenters. The van der Waals surface area contributed by atoms with Gasteiger partial charge in [0, 0.05) is 6.54 Å². The third kappa shape index (κ3) is 2.63. The van der Waals surface area contributed by atoms with Crippen molar-refractivity contribution < 1.29 is 4.79 Å². The molecule has 0 radical (unpaired) electrons. The van der Waals surface area contributed by atoms with Crippen molar-refractivity contribution in [2.75, 3.05) is 0 Å². The predicted octanol–water partition coefficient (Wildman–Crippen LogP) is 3.29. The second-order valence-corrected chi connectivity index (χ2v) is 5.70. The summed E-state index contributed by atoms with van der Waals surface area (Å²) < 4.78 is 4.37. The average molecular weight is 347 g/mol. The summed E-state index contributed by atoms with van der Waals surface area (Å²) in [5.41, 5.74) is 2.48. The molecule has 0 saturated carbocycles. The number of aromatic nitrogens is 4. The van der Waals surface area contributed by atoms with Crippen LogP contribution in [0.2, 0.25) is 0 Å². The van der Waals surface area contributed by atoms with E-state index in [-0.39, 0.29) is 12.3 Å². The molecule has 0 aliphatic heterocycles. The number of carbonyl (C=O) groups excluding carboxylic acids is 1. The van der Waals surface area contributed by atoms with Crippen LogP contribution in [0.3, 0.4) is 0 Å². The Balaban J connectivity index is 1.91. The van der Waals surface area contributed by atoms with Crippen LogP contribution in [0.25, 0.3) is 11.0 Å². The molecule has 3 rings (SSSR count). The summed E-state index contributed by atoms with van der Waals surface area (Å²) >= 11 is 3.41. The first kappa shape index (κ1) is 14.0. The summed E-state index contributed by atoms with van der Waals surface area (Å²) in [5.74, 6) is 0.0241. The van der Waals surface area contributed by atoms with Crippen LogP contribution in [0.15, 0.2) is 41.3 Å². The zero-order chi connectivity index (χ0) is 14.8. The van der Waals surface area contributed by atoms with Crippen LogP contribution < -0.4 is 0 Å². The lowest BCUT2D eigenvalue weighted by Gasteiger charge is -2.07. The molecule has 0 saturated heterocycles. The molecule has 0 aliphatic rings. The van der Waals surface area contributed by atoms with Gasteiger partial charge in [0.25, 0.3) is 0 Å². The van der Waals surface area contributed by atoms with Gasteiger partial charge in [-0.3, -0.25) is 9.48 Å². The normalized spacial score (nSPS) is 11.1. The third-order valence-electron chi connectivity index (χ3n) is 3.34. The Morgan fingerprint density at radius 2 is 2.14 bits per heavy atom. The molecule has 0 aliphatic carbocycles. The number of benzene rings is 1. The van der Waals surface area contributed by atoms with E-state index in [2.05, 4.69) is 32.9 Å². The molecule has 1 aromatic carbocycles. The van der Waals surface area contributed by atoms with Crippen molar-refractivity contribution in [3.63, 3.8) is 0 Å². The summed E-state index contributed by atoms with van der Waals surface area (Å²) in [5, 5.41) is 4.24. The van der Waals surface area contributed by atoms with E-state index < -0.39 is 0 Å². The van der Waals surface area contributed by atoms with Crippen molar-refractivity contribution >= 4 is 32.7 Å². The second kappa shape index (κ2) is 5.81. The Hall–Kier alpha value is -1.95. The molecule has 2 aromatic heterocycles. The maximum Gasteiger partial charge on any atom is 0.201 e. The van der Waals surface area contributed by atoms with Crippen LogP contribution in [0.4, 0.5) is 0 Å². The van der Waals surface area contributed by atoms with Crippen LogP contribution in [0.5, 0.6) is 0 Å². The summed E-state index contributed by atoms with van der Waals surface area (Å²) in [4.78, 5) is 16.9. The molecular weight excluding hydrogens is 332 g/mol. The Bertz CT molecular complexity index is 790. The van der Waals surface area contributed by atoms with Gasteiger partial charge in [0.15, 0.2) is 0 Å². The van der Waals surface area contributed by atoms with Gasteiger partial charge in [-0.15, -0.1) is 0 Å². The maximum atomic E-state index is 12.6. The van der Waals surface area contributed by atoms with Gasteiger partial charge >= 0.3 is 0 Å². The van der Waals surface area contributed by atoms with E-state index in [0.29, 0.717) is 5.69 Å². The molecule has 5 nitrogen and oxygen atoms in total. The molecule has 2 heterocycles. The summed E-state index contributed by atoms with van der Waals surface area (Å²) in [6.07, 6.45) is 4.31. The molecule has 6 heteroatoms. The van der Waals surface area contributed by atoms with Crippen LogP contribution in [0, 0.1) is 0 Å². The topological polar surface area (TPSA) is 52.7 Å². The number of hydrogen-bond acceptors (Lipinski definition) is 3. The van der Waals surface area contributed by atoms with E-state index in [0.717, 1.165) is 28.5 Å². The van der Waals surface area contributed by atoms with Gasteiger partial charge in [0.1, 0.15) is 5.69 Å². The van der Waals surface area contributed by atoms with Crippen molar-refractivity contribution in [2.45, 2.75) is 26.4 Å². The zero-order valence-corrected chi connectivity index (χ0v) is 13.2. The van der Waals surface area contributed by atoms with Crippen molar-refractivity contribution in [2.24, 2.45) is 0 Å². The fourth-order valence-corrected chi connectivity index (χ4v) is 2.90. The van der Waals surface area contributed by atoms with E-state index in [9.17, 15) is 4.79 Å². The summed E-state index contributed by atoms with van der Waals surface area (Å²) in [6, 6.07) is 7.79. The number of para-hydroxylation sites is 2. The monoisotopic (exact) mass is 346 g/mol. The number of fused-ring (bicyclic) bond motifs is 1. The fourth-order valence-electron chi connectivity index (χ4n) is 2.39. The quantitative estimate of drug-likeness (QED) is 0.666. The van der Waals surface area contributed by atoms with Gasteiger partial charge in [0.05, 0.1) is 34.6 Å². The third-order valence-corrected chi connectivity index (χ3v) is 3.92. The number of ketones is 1. The number of nitrogens with zero attached hydrogens (tertiary/aromatic N) is 4. The molecule has 0 fully saturated rings. The average Bonchev–Trinajstić information content (AvgIpc) is 3.04. The molecular formula is C15H15BrN4O. The lowest BCUT2D eigenvalue weighted by molar-refractivity contribution is 0.0962. The molecule has 0 spiro atoms. The summed E-state index contributed by atoms with van der Waals surface area (Å²) in [7, 11) is 0. The molecule has 0 atom stereocenters. The van der Waals surface area contributed by atoms with Gasteiger partial charge < -0.3 is 4.57 Å². The highest BCUT2D eigenvalue weighted by molar-refractivity contribution is 9.10. The standard InChI is InChI=1S/C15H15BrN4O/c1-2-7-20-15(11(16)8-18-20)14(21)9-19-10-17-12-5-3-4-6-13(12)19/h3-6,8,10H,2,7,9H2,1H3. The maximum absolute atomic E-state index is 12.6. The second-order valence-electron chi connectivity index (χ2n) is 4.85. The fraction of sp³-hybridized carbons (Fsp3) is 0.267. The largest absolute Gasteiger partial charge is 0.323 e. The Morgan fingerprint density at radius 3 is 2.95 bits per heavy atom. The minimum absolute atomic E-state index is 0.0241. The highest BCUT2D eigenvalue weighted by Crippen LogP contribution is 2.19. The Labute approximate surface area is 130 Å². The van der Waals surface area contributed by atoms with Gasteiger partial charge in [-0.25, -0.2) is 4.98 Å². The smallest absolute Gasteiger partial charge is 0.201 e. The minimum atomic E-state index is 0.0241. The first-order chi connectivity index (χ1) is 10.2. The highest BCUT2D eigenvalue weighted by Gasteiger charge is 2.18. The Morgan fingerprint density at radius 1 is 1.33 bits per heavy atom. The van der Waals surface area contributed by atoms with Gasteiger partial charge in [0.2, 0.25) is 5.78 Å². The van der Waals surface area contributed by atoms with E-state index in [1.54, 1.807) is 17.2 Å². The molecule has 0 N–H and O–H groups in total. The van der Waals surface area contributed by atoms with Crippen LogP contribution in [0.1, 0.15) is 23.8 Å². The SMILES string of the molecule is CCCn1ncc(Br)c1C(=O)Cn1cnc2ccccc21. The Kier molecular flexibility index (Phi) is 3.88. The zero-order valence-electron chi connectivity index (χ0n) is 11.7. The van der Waals surface area contributed by atoms with E-state index in [4.69, 9.17) is 0 Å². The molecule has 21 heavy (non-hydrogen) atoms. The predicted molar refractivity (Wildman–Crippen MR) is 84.3 cm³/mol. The van der Waals surface area contributed by atoms with Gasteiger partial charge in [-0.05, 0) is 34.5 Å². The highest BCUT2D eigenvalue weighted by atomic mass is 79.9.